The Morgan fingerprint density at radius 3 is 2.93 bits per heavy atom. The van der Waals surface area contributed by atoms with Crippen LogP contribution in [0.25, 0.3) is 17.1 Å². The third-order valence-electron chi connectivity index (χ3n) is 4.19. The Kier molecular flexibility index (Phi) is 5.24. The van der Waals surface area contributed by atoms with Gasteiger partial charge >= 0.3 is 0 Å². The number of amides is 1. The first kappa shape index (κ1) is 17.8. The predicted molar refractivity (Wildman–Crippen MR) is 98.4 cm³/mol. The topological polar surface area (TPSA) is 78.5 Å². The molecule has 1 aliphatic rings. The minimum absolute atomic E-state index is 0.192. The SMILES string of the molecule is O=C(NOC1CCCCO1)c1cc(-c2ccco2)n(-c2cccc(Cl)c2)n1. The van der Waals surface area contributed by atoms with Gasteiger partial charge in [-0.3, -0.25) is 4.79 Å². The molecule has 0 spiro atoms. The second-order valence-corrected chi connectivity index (χ2v) is 6.57. The molecule has 4 rings (SSSR count). The number of hydroxylamine groups is 1. The molecule has 27 heavy (non-hydrogen) atoms. The van der Waals surface area contributed by atoms with Gasteiger partial charge in [-0.15, -0.1) is 0 Å². The first-order chi connectivity index (χ1) is 13.2. The molecule has 1 amide bonds. The lowest BCUT2D eigenvalue weighted by atomic mass is 10.2. The molecule has 1 saturated heterocycles. The summed E-state index contributed by atoms with van der Waals surface area (Å²) < 4.78 is 12.5. The molecule has 0 aliphatic carbocycles. The number of benzene rings is 1. The minimum atomic E-state index is -0.460. The average Bonchev–Trinajstić information content (AvgIpc) is 3.36. The smallest absolute Gasteiger partial charge is 0.295 e. The van der Waals surface area contributed by atoms with Gasteiger partial charge in [0, 0.05) is 24.1 Å². The molecule has 3 aromatic rings. The number of rotatable bonds is 5. The van der Waals surface area contributed by atoms with E-state index in [9.17, 15) is 4.79 Å². The van der Waals surface area contributed by atoms with Crippen molar-refractivity contribution in [2.24, 2.45) is 0 Å². The summed E-state index contributed by atoms with van der Waals surface area (Å²) in [6.07, 6.45) is 3.89. The standard InChI is InChI=1S/C19H18ClN3O4/c20-13-5-3-6-14(11-13)23-16(17-7-4-10-25-17)12-15(21-23)19(24)22-27-18-8-1-2-9-26-18/h3-7,10-12,18H,1-2,8-9H2,(H,22,24). The summed E-state index contributed by atoms with van der Waals surface area (Å²) in [5.41, 5.74) is 3.95. The summed E-state index contributed by atoms with van der Waals surface area (Å²) in [6, 6.07) is 12.4. The molecule has 1 N–H and O–H groups in total. The molecule has 3 heterocycles. The molecule has 7 nitrogen and oxygen atoms in total. The normalized spacial score (nSPS) is 17.0. The Morgan fingerprint density at radius 2 is 2.19 bits per heavy atom. The van der Waals surface area contributed by atoms with Crippen molar-refractivity contribution in [1.29, 1.82) is 0 Å². The van der Waals surface area contributed by atoms with E-state index < -0.39 is 12.2 Å². The van der Waals surface area contributed by atoms with Gasteiger partial charge in [-0.1, -0.05) is 17.7 Å². The lowest BCUT2D eigenvalue weighted by molar-refractivity contribution is -0.186. The van der Waals surface area contributed by atoms with E-state index in [1.165, 1.54) is 0 Å². The molecular weight excluding hydrogens is 370 g/mol. The van der Waals surface area contributed by atoms with E-state index in [4.69, 9.17) is 25.6 Å². The van der Waals surface area contributed by atoms with E-state index in [1.54, 1.807) is 41.3 Å². The molecule has 0 bridgehead atoms. The highest BCUT2D eigenvalue weighted by Crippen LogP contribution is 2.26. The largest absolute Gasteiger partial charge is 0.463 e. The molecule has 140 valence electrons. The summed E-state index contributed by atoms with van der Waals surface area (Å²) in [6.45, 7) is 0.632. The number of halogens is 1. The fraction of sp³-hybridized carbons (Fsp3) is 0.263. The number of nitrogens with one attached hydrogen (secondary N) is 1. The zero-order valence-electron chi connectivity index (χ0n) is 14.4. The number of carbonyl (C=O) groups is 1. The van der Waals surface area contributed by atoms with Crippen LogP contribution in [0.15, 0.2) is 53.1 Å². The lowest BCUT2D eigenvalue weighted by Gasteiger charge is -2.21. The maximum atomic E-state index is 12.5. The number of aromatic nitrogens is 2. The van der Waals surface area contributed by atoms with E-state index in [0.717, 1.165) is 19.3 Å². The maximum Gasteiger partial charge on any atom is 0.295 e. The fourth-order valence-electron chi connectivity index (χ4n) is 2.87. The highest BCUT2D eigenvalue weighted by atomic mass is 35.5. The van der Waals surface area contributed by atoms with Crippen molar-refractivity contribution in [3.05, 3.63) is 59.4 Å². The Hall–Kier alpha value is -2.61. The van der Waals surface area contributed by atoms with Crippen molar-refractivity contribution in [2.45, 2.75) is 25.6 Å². The monoisotopic (exact) mass is 387 g/mol. The van der Waals surface area contributed by atoms with Crippen molar-refractivity contribution in [1.82, 2.24) is 15.3 Å². The van der Waals surface area contributed by atoms with E-state index in [0.29, 0.717) is 28.8 Å². The van der Waals surface area contributed by atoms with E-state index >= 15 is 0 Å². The van der Waals surface area contributed by atoms with Crippen molar-refractivity contribution in [2.75, 3.05) is 6.61 Å². The second kappa shape index (κ2) is 7.96. The van der Waals surface area contributed by atoms with Crippen LogP contribution < -0.4 is 5.48 Å². The quantitative estimate of drug-likeness (QED) is 0.670. The number of nitrogens with zero attached hydrogens (tertiary/aromatic N) is 2. The molecule has 0 radical (unpaired) electrons. The average molecular weight is 388 g/mol. The second-order valence-electron chi connectivity index (χ2n) is 6.13. The van der Waals surface area contributed by atoms with Gasteiger partial charge in [0.2, 0.25) is 0 Å². The van der Waals surface area contributed by atoms with Crippen LogP contribution in [0.3, 0.4) is 0 Å². The summed E-state index contributed by atoms with van der Waals surface area (Å²) in [5, 5.41) is 4.97. The molecule has 1 aromatic carbocycles. The molecule has 1 atom stereocenters. The van der Waals surface area contributed by atoms with Crippen LogP contribution in [0.2, 0.25) is 5.02 Å². The molecule has 0 saturated carbocycles. The van der Waals surface area contributed by atoms with Gasteiger partial charge in [0.1, 0.15) is 5.69 Å². The van der Waals surface area contributed by atoms with Gasteiger partial charge in [-0.05, 0) is 43.2 Å². The molecular formula is C19H18ClN3O4. The summed E-state index contributed by atoms with van der Waals surface area (Å²) in [5.74, 6) is 0.121. The fourth-order valence-corrected chi connectivity index (χ4v) is 3.06. The summed E-state index contributed by atoms with van der Waals surface area (Å²) in [7, 11) is 0. The predicted octanol–water partition coefficient (Wildman–Crippen LogP) is 3.97. The van der Waals surface area contributed by atoms with E-state index in [-0.39, 0.29) is 5.69 Å². The summed E-state index contributed by atoms with van der Waals surface area (Å²) >= 11 is 6.10. The number of hydrogen-bond acceptors (Lipinski definition) is 5. The zero-order chi connectivity index (χ0) is 18.6. The molecule has 1 unspecified atom stereocenters. The number of furan rings is 1. The van der Waals surface area contributed by atoms with Gasteiger partial charge in [0.25, 0.3) is 5.91 Å². The van der Waals surface area contributed by atoms with Gasteiger partial charge in [-0.2, -0.15) is 5.10 Å². The van der Waals surface area contributed by atoms with Crippen molar-refractivity contribution < 1.29 is 18.8 Å². The maximum absolute atomic E-state index is 12.5. The Labute approximate surface area is 160 Å². The summed E-state index contributed by atoms with van der Waals surface area (Å²) in [4.78, 5) is 17.8. The molecule has 8 heteroatoms. The van der Waals surface area contributed by atoms with Crippen LogP contribution >= 0.6 is 11.6 Å². The van der Waals surface area contributed by atoms with Crippen LogP contribution in [0.1, 0.15) is 29.8 Å². The van der Waals surface area contributed by atoms with Crippen molar-refractivity contribution in [3.63, 3.8) is 0 Å². The first-order valence-electron chi connectivity index (χ1n) is 8.68. The van der Waals surface area contributed by atoms with Gasteiger partial charge in [-0.25, -0.2) is 15.0 Å². The number of hydrogen-bond donors (Lipinski definition) is 1. The lowest BCUT2D eigenvalue weighted by Crippen LogP contribution is -2.33. The van der Waals surface area contributed by atoms with Crippen LogP contribution in [-0.2, 0) is 9.57 Å². The van der Waals surface area contributed by atoms with Crippen molar-refractivity contribution in [3.8, 4) is 17.1 Å². The molecule has 1 fully saturated rings. The highest BCUT2D eigenvalue weighted by molar-refractivity contribution is 6.30. The third-order valence-corrected chi connectivity index (χ3v) is 4.42. The van der Waals surface area contributed by atoms with E-state index in [2.05, 4.69) is 10.6 Å². The Morgan fingerprint density at radius 1 is 1.26 bits per heavy atom. The Balaban J connectivity index is 1.60. The van der Waals surface area contributed by atoms with Crippen LogP contribution in [0.4, 0.5) is 0 Å². The molecule has 2 aromatic heterocycles. The van der Waals surface area contributed by atoms with Gasteiger partial charge in [0.15, 0.2) is 17.7 Å². The van der Waals surface area contributed by atoms with Crippen LogP contribution in [0, 0.1) is 0 Å². The van der Waals surface area contributed by atoms with Crippen molar-refractivity contribution >= 4 is 17.5 Å². The van der Waals surface area contributed by atoms with Crippen LogP contribution in [0.5, 0.6) is 0 Å². The van der Waals surface area contributed by atoms with Gasteiger partial charge in [0.05, 0.1) is 12.0 Å². The minimum Gasteiger partial charge on any atom is -0.463 e. The van der Waals surface area contributed by atoms with Crippen LogP contribution in [-0.4, -0.2) is 28.6 Å². The van der Waals surface area contributed by atoms with E-state index in [1.807, 2.05) is 12.1 Å². The third kappa shape index (κ3) is 4.05. The first-order valence-corrected chi connectivity index (χ1v) is 9.06. The number of carbonyl (C=O) groups excluding carboxylic acids is 1. The zero-order valence-corrected chi connectivity index (χ0v) is 15.2. The Bertz CT molecular complexity index is 917. The number of ether oxygens (including phenoxy) is 1. The molecule has 1 aliphatic heterocycles. The highest BCUT2D eigenvalue weighted by Gasteiger charge is 2.21. The van der Waals surface area contributed by atoms with Gasteiger partial charge < -0.3 is 9.15 Å².